The van der Waals surface area contributed by atoms with Crippen molar-refractivity contribution in [1.29, 1.82) is 0 Å². The number of hydrogen-bond donors (Lipinski definition) is 0. The van der Waals surface area contributed by atoms with E-state index in [2.05, 4.69) is 28.1 Å². The Balaban J connectivity index is 1.86. The van der Waals surface area contributed by atoms with Crippen LogP contribution < -0.4 is 4.74 Å². The Morgan fingerprint density at radius 2 is 1.29 bits per heavy atom. The van der Waals surface area contributed by atoms with E-state index in [1.54, 1.807) is 43.3 Å². The van der Waals surface area contributed by atoms with Crippen molar-refractivity contribution in [3.05, 3.63) is 78.4 Å². The normalized spacial score (nSPS) is 10.4. The van der Waals surface area contributed by atoms with Gasteiger partial charge in [-0.2, -0.15) is 10.2 Å². The molecule has 0 radical (unpaired) electrons. The molecule has 160 valence electrons. The quantitative estimate of drug-likeness (QED) is 0.188. The van der Waals surface area contributed by atoms with E-state index in [4.69, 9.17) is 9.47 Å². The molecule has 0 N–H and O–H groups in total. The van der Waals surface area contributed by atoms with E-state index in [9.17, 15) is 14.4 Å². The van der Waals surface area contributed by atoms with Crippen LogP contribution >= 0.6 is 0 Å². The number of azo groups is 1. The molecule has 8 heteroatoms. The van der Waals surface area contributed by atoms with E-state index >= 15 is 0 Å². The summed E-state index contributed by atoms with van der Waals surface area (Å²) >= 11 is 0. The van der Waals surface area contributed by atoms with Gasteiger partial charge in [0.05, 0.1) is 16.9 Å². The Bertz CT molecular complexity index is 1010. The van der Waals surface area contributed by atoms with Gasteiger partial charge in [-0.1, -0.05) is 13.2 Å². The minimum absolute atomic E-state index is 0.123. The highest BCUT2D eigenvalue weighted by Crippen LogP contribution is 2.22. The van der Waals surface area contributed by atoms with Gasteiger partial charge in [0.25, 0.3) is 0 Å². The predicted octanol–water partition coefficient (Wildman–Crippen LogP) is 4.86. The molecule has 0 amide bonds. The van der Waals surface area contributed by atoms with Crippen molar-refractivity contribution in [2.24, 2.45) is 10.2 Å². The first kappa shape index (κ1) is 23.2. The number of rotatable bonds is 9. The summed E-state index contributed by atoms with van der Waals surface area (Å²) in [4.78, 5) is 34.5. The molecule has 0 aromatic heterocycles. The minimum atomic E-state index is -0.769. The SMILES string of the molecule is C=C(C)C(=O)OCCOc1ccc(N=Nc2ccc(C(=O)OC(=O)C(=C)C)cc2)cc1. The van der Waals surface area contributed by atoms with Crippen LogP contribution in [0.1, 0.15) is 24.2 Å². The lowest BCUT2D eigenvalue weighted by atomic mass is 10.2. The summed E-state index contributed by atoms with van der Waals surface area (Å²) in [5.41, 5.74) is 1.80. The predicted molar refractivity (Wildman–Crippen MR) is 114 cm³/mol. The van der Waals surface area contributed by atoms with E-state index in [1.165, 1.54) is 19.1 Å². The molecule has 2 aromatic carbocycles. The smallest absolute Gasteiger partial charge is 0.346 e. The molecule has 31 heavy (non-hydrogen) atoms. The van der Waals surface area contributed by atoms with Gasteiger partial charge in [0.15, 0.2) is 0 Å². The third-order valence-corrected chi connectivity index (χ3v) is 3.69. The molecule has 0 saturated carbocycles. The van der Waals surface area contributed by atoms with Crippen molar-refractivity contribution < 1.29 is 28.6 Å². The van der Waals surface area contributed by atoms with Crippen LogP contribution in [-0.2, 0) is 19.1 Å². The van der Waals surface area contributed by atoms with Crippen molar-refractivity contribution in [3.8, 4) is 5.75 Å². The Morgan fingerprint density at radius 3 is 1.81 bits per heavy atom. The van der Waals surface area contributed by atoms with Gasteiger partial charge in [0.1, 0.15) is 19.0 Å². The van der Waals surface area contributed by atoms with E-state index in [0.29, 0.717) is 22.7 Å². The summed E-state index contributed by atoms with van der Waals surface area (Å²) in [5, 5.41) is 8.20. The maximum Gasteiger partial charge on any atom is 0.346 e. The van der Waals surface area contributed by atoms with Crippen LogP contribution in [0.25, 0.3) is 0 Å². The van der Waals surface area contributed by atoms with Crippen LogP contribution in [0, 0.1) is 0 Å². The van der Waals surface area contributed by atoms with Crippen molar-refractivity contribution >= 4 is 29.3 Å². The van der Waals surface area contributed by atoms with Gasteiger partial charge >= 0.3 is 17.9 Å². The number of hydrogen-bond acceptors (Lipinski definition) is 8. The second-order valence-electron chi connectivity index (χ2n) is 6.46. The molecule has 0 aliphatic rings. The maximum atomic E-state index is 11.9. The standard InChI is InChI=1S/C23H22N2O6/c1-15(2)21(26)30-14-13-29-20-11-9-19(10-12-20)25-24-18-7-5-17(6-8-18)23(28)31-22(27)16(3)4/h5-12H,1,3,13-14H2,2,4H3. The van der Waals surface area contributed by atoms with Crippen molar-refractivity contribution in [2.75, 3.05) is 13.2 Å². The second kappa shape index (κ2) is 11.2. The fraction of sp³-hybridized carbons (Fsp3) is 0.174. The summed E-state index contributed by atoms with van der Waals surface area (Å²) in [7, 11) is 0. The number of ether oxygens (including phenoxy) is 3. The number of carbonyl (C=O) groups is 3. The van der Waals surface area contributed by atoms with Crippen LogP contribution in [0.2, 0.25) is 0 Å². The van der Waals surface area contributed by atoms with Gasteiger partial charge < -0.3 is 14.2 Å². The van der Waals surface area contributed by atoms with E-state index < -0.39 is 17.9 Å². The van der Waals surface area contributed by atoms with Gasteiger partial charge in [-0.3, -0.25) is 0 Å². The molecule has 0 heterocycles. The van der Waals surface area contributed by atoms with Crippen molar-refractivity contribution in [3.63, 3.8) is 0 Å². The molecule has 0 spiro atoms. The molecule has 0 aliphatic carbocycles. The summed E-state index contributed by atoms with van der Waals surface area (Å²) in [6, 6.07) is 13.0. The number of benzene rings is 2. The molecular formula is C23H22N2O6. The minimum Gasteiger partial charge on any atom is -0.490 e. The van der Waals surface area contributed by atoms with E-state index in [0.717, 1.165) is 0 Å². The van der Waals surface area contributed by atoms with Crippen LogP contribution in [0.3, 0.4) is 0 Å². The third kappa shape index (κ3) is 7.69. The molecular weight excluding hydrogens is 400 g/mol. The van der Waals surface area contributed by atoms with Gasteiger partial charge in [-0.25, -0.2) is 14.4 Å². The van der Waals surface area contributed by atoms with Crippen molar-refractivity contribution in [2.45, 2.75) is 13.8 Å². The lowest BCUT2D eigenvalue weighted by molar-refractivity contribution is -0.139. The molecule has 0 unspecified atom stereocenters. The first-order chi connectivity index (χ1) is 14.8. The van der Waals surface area contributed by atoms with Crippen LogP contribution in [0.15, 0.2) is 83.1 Å². The molecule has 8 nitrogen and oxygen atoms in total. The summed E-state index contributed by atoms with van der Waals surface area (Å²) in [5.74, 6) is -1.39. The zero-order valence-corrected chi connectivity index (χ0v) is 17.3. The zero-order valence-electron chi connectivity index (χ0n) is 17.3. The number of esters is 3. The summed E-state index contributed by atoms with van der Waals surface area (Å²) < 4.78 is 15.1. The molecule has 0 saturated heterocycles. The average Bonchev–Trinajstić information content (AvgIpc) is 2.76. The molecule has 0 atom stereocenters. The van der Waals surface area contributed by atoms with Crippen LogP contribution in [-0.4, -0.2) is 31.1 Å². The number of carbonyl (C=O) groups excluding carboxylic acids is 3. The number of nitrogens with zero attached hydrogens (tertiary/aromatic N) is 2. The van der Waals surface area contributed by atoms with Gasteiger partial charge in [-0.15, -0.1) is 0 Å². The summed E-state index contributed by atoms with van der Waals surface area (Å²) in [6.07, 6.45) is 0. The fourth-order valence-electron chi connectivity index (χ4n) is 2.04. The monoisotopic (exact) mass is 422 g/mol. The molecule has 2 aromatic rings. The molecule has 2 rings (SSSR count). The third-order valence-electron chi connectivity index (χ3n) is 3.69. The first-order valence-corrected chi connectivity index (χ1v) is 9.25. The lowest BCUT2D eigenvalue weighted by Crippen LogP contribution is -2.12. The first-order valence-electron chi connectivity index (χ1n) is 9.25. The topological polar surface area (TPSA) is 104 Å². The van der Waals surface area contributed by atoms with Gasteiger partial charge in [0.2, 0.25) is 0 Å². The molecule has 0 fully saturated rings. The fourth-order valence-corrected chi connectivity index (χ4v) is 2.04. The van der Waals surface area contributed by atoms with Gasteiger partial charge in [0, 0.05) is 11.1 Å². The second-order valence-corrected chi connectivity index (χ2v) is 6.46. The Kier molecular flexibility index (Phi) is 8.39. The van der Waals surface area contributed by atoms with Gasteiger partial charge in [-0.05, 0) is 62.4 Å². The molecule has 0 bridgehead atoms. The molecule has 0 aliphatic heterocycles. The van der Waals surface area contributed by atoms with Crippen LogP contribution in [0.4, 0.5) is 11.4 Å². The highest BCUT2D eigenvalue weighted by Gasteiger charge is 2.13. The van der Waals surface area contributed by atoms with Crippen LogP contribution in [0.5, 0.6) is 5.75 Å². The Morgan fingerprint density at radius 1 is 0.774 bits per heavy atom. The zero-order chi connectivity index (χ0) is 22.8. The van der Waals surface area contributed by atoms with E-state index in [1.807, 2.05) is 0 Å². The largest absolute Gasteiger partial charge is 0.490 e. The highest BCUT2D eigenvalue weighted by atomic mass is 16.6. The Hall–Kier alpha value is -4.07. The lowest BCUT2D eigenvalue weighted by Gasteiger charge is -2.07. The van der Waals surface area contributed by atoms with E-state index in [-0.39, 0.29) is 24.4 Å². The average molecular weight is 422 g/mol. The van der Waals surface area contributed by atoms with Crippen molar-refractivity contribution in [1.82, 2.24) is 0 Å². The Labute approximate surface area is 179 Å². The maximum absolute atomic E-state index is 11.9. The summed E-state index contributed by atoms with van der Waals surface area (Å²) in [6.45, 7) is 10.3. The highest BCUT2D eigenvalue weighted by molar-refractivity contribution is 6.01.